The maximum atomic E-state index is 10.5. The fourth-order valence-electron chi connectivity index (χ4n) is 1.89. The second-order valence-electron chi connectivity index (χ2n) is 5.14. The zero-order valence-corrected chi connectivity index (χ0v) is 12.0. The molecular weight excluding hydrogens is 266 g/mol. The van der Waals surface area contributed by atoms with Crippen molar-refractivity contribution in [3.8, 4) is 0 Å². The van der Waals surface area contributed by atoms with E-state index in [0.717, 1.165) is 24.8 Å². The first kappa shape index (κ1) is 16.1. The van der Waals surface area contributed by atoms with E-state index in [0.29, 0.717) is 0 Å². The summed E-state index contributed by atoms with van der Waals surface area (Å²) in [5.41, 5.74) is 5.95. The molecule has 4 N–H and O–H groups in total. The number of rotatable bonds is 1. The van der Waals surface area contributed by atoms with Gasteiger partial charge in [-0.15, -0.1) is 0 Å². The molecule has 0 aromatic heterocycles. The van der Waals surface area contributed by atoms with Crippen LogP contribution in [0.5, 0.6) is 0 Å². The van der Waals surface area contributed by atoms with E-state index in [2.05, 4.69) is 0 Å². The molecule has 0 aliphatic heterocycles. The summed E-state index contributed by atoms with van der Waals surface area (Å²) in [7, 11) is -4.02. The van der Waals surface area contributed by atoms with Crippen molar-refractivity contribution in [2.24, 2.45) is 5.73 Å². The van der Waals surface area contributed by atoms with Gasteiger partial charge >= 0.3 is 0 Å². The molecule has 1 fully saturated rings. The van der Waals surface area contributed by atoms with Crippen LogP contribution in [0.1, 0.15) is 31.7 Å². The van der Waals surface area contributed by atoms with E-state index in [1.807, 2.05) is 13.8 Å². The molecule has 5 nitrogen and oxygen atoms in total. The van der Waals surface area contributed by atoms with Gasteiger partial charge in [0.2, 0.25) is 0 Å². The molecule has 0 radical (unpaired) electrons. The van der Waals surface area contributed by atoms with Gasteiger partial charge in [-0.2, -0.15) is 8.42 Å². The van der Waals surface area contributed by atoms with Crippen molar-refractivity contribution in [2.75, 3.05) is 0 Å². The third-order valence-corrected chi connectivity index (χ3v) is 4.18. The van der Waals surface area contributed by atoms with Crippen LogP contribution < -0.4 is 5.73 Å². The van der Waals surface area contributed by atoms with Crippen LogP contribution in [0.3, 0.4) is 0 Å². The second kappa shape index (κ2) is 6.00. The minimum Gasteiger partial charge on any atom is -0.389 e. The Hall–Kier alpha value is -0.950. The lowest BCUT2D eigenvalue weighted by Crippen LogP contribution is -2.40. The summed E-state index contributed by atoms with van der Waals surface area (Å²) in [4.78, 5) is -0.0666. The molecule has 108 valence electrons. The van der Waals surface area contributed by atoms with Crippen LogP contribution in [0.15, 0.2) is 29.2 Å². The van der Waals surface area contributed by atoms with E-state index in [1.165, 1.54) is 12.1 Å². The Bertz CT molecular complexity index is 508. The summed E-state index contributed by atoms with van der Waals surface area (Å²) < 4.78 is 29.6. The van der Waals surface area contributed by atoms with Crippen molar-refractivity contribution in [3.05, 3.63) is 29.8 Å². The van der Waals surface area contributed by atoms with Gasteiger partial charge in [-0.05, 0) is 45.2 Å². The molecule has 0 amide bonds. The van der Waals surface area contributed by atoms with E-state index in [-0.39, 0.29) is 10.9 Å². The lowest BCUT2D eigenvalue weighted by Gasteiger charge is -2.20. The first-order chi connectivity index (χ1) is 8.63. The predicted octanol–water partition coefficient (Wildman–Crippen LogP) is 1.49. The lowest BCUT2D eigenvalue weighted by atomic mass is 10.0. The number of hydrogen-bond acceptors (Lipinski definition) is 4. The van der Waals surface area contributed by atoms with Gasteiger partial charge in [0.05, 0.1) is 10.5 Å². The fourth-order valence-corrected chi connectivity index (χ4v) is 2.37. The summed E-state index contributed by atoms with van der Waals surface area (Å²) in [6.45, 7) is 3.65. The van der Waals surface area contributed by atoms with E-state index < -0.39 is 15.7 Å². The number of benzene rings is 1. The second-order valence-corrected chi connectivity index (χ2v) is 6.57. The Kier molecular flexibility index (Phi) is 5.09. The van der Waals surface area contributed by atoms with Gasteiger partial charge in [0.1, 0.15) is 0 Å². The van der Waals surface area contributed by atoms with Gasteiger partial charge < -0.3 is 10.8 Å². The van der Waals surface area contributed by atoms with Gasteiger partial charge in [-0.1, -0.05) is 17.7 Å². The molecule has 0 saturated heterocycles. The van der Waals surface area contributed by atoms with Crippen LogP contribution in [0.25, 0.3) is 0 Å². The molecule has 1 aliphatic rings. The summed E-state index contributed by atoms with van der Waals surface area (Å²) in [5, 5.41) is 9.34. The van der Waals surface area contributed by atoms with Crippen LogP contribution in [0.2, 0.25) is 0 Å². The van der Waals surface area contributed by atoms with Crippen molar-refractivity contribution < 1.29 is 18.1 Å². The number of hydrogen-bond donors (Lipinski definition) is 3. The highest BCUT2D eigenvalue weighted by atomic mass is 32.2. The maximum absolute atomic E-state index is 10.5. The van der Waals surface area contributed by atoms with Crippen molar-refractivity contribution in [3.63, 3.8) is 0 Å². The molecule has 1 aromatic carbocycles. The molecule has 0 bridgehead atoms. The first-order valence-corrected chi connectivity index (χ1v) is 7.59. The van der Waals surface area contributed by atoms with E-state index in [1.54, 1.807) is 12.1 Å². The van der Waals surface area contributed by atoms with Gasteiger partial charge in [0.25, 0.3) is 10.1 Å². The monoisotopic (exact) mass is 287 g/mol. The number of aliphatic hydroxyl groups is 1. The summed E-state index contributed by atoms with van der Waals surface area (Å²) >= 11 is 0. The third kappa shape index (κ3) is 4.91. The van der Waals surface area contributed by atoms with Gasteiger partial charge in [-0.25, -0.2) is 0 Å². The van der Waals surface area contributed by atoms with Gasteiger partial charge in [-0.3, -0.25) is 4.55 Å². The molecule has 1 aromatic rings. The molecule has 0 heterocycles. The first-order valence-electron chi connectivity index (χ1n) is 6.15. The zero-order valence-electron chi connectivity index (χ0n) is 11.2. The largest absolute Gasteiger partial charge is 0.389 e. The lowest BCUT2D eigenvalue weighted by molar-refractivity contribution is 0.0518. The van der Waals surface area contributed by atoms with Gasteiger partial charge in [0, 0.05) is 6.04 Å². The Labute approximate surface area is 114 Å². The SMILES string of the molecule is C[C@@]1(O)CCC[C@H]1N.Cc1ccc(S(=O)(=O)O)cc1. The zero-order chi connectivity index (χ0) is 14.7. The standard InChI is InChI=1S/C7H8O3S.C6H13NO/c1-6-2-4-7(5-3-6)11(8,9)10;1-6(8)4-2-3-5(6)7/h2-5H,1H3,(H,8,9,10);5,8H,2-4,7H2,1H3/t;5-,6-/m.1/s1. The van der Waals surface area contributed by atoms with Crippen molar-refractivity contribution >= 4 is 10.1 Å². The summed E-state index contributed by atoms with van der Waals surface area (Å²) in [6.07, 6.45) is 2.93. The topological polar surface area (TPSA) is 101 Å². The molecule has 0 spiro atoms. The predicted molar refractivity (Wildman–Crippen MR) is 73.4 cm³/mol. The highest BCUT2D eigenvalue weighted by Crippen LogP contribution is 2.27. The maximum Gasteiger partial charge on any atom is 0.294 e. The third-order valence-electron chi connectivity index (χ3n) is 3.32. The Morgan fingerprint density at radius 1 is 1.32 bits per heavy atom. The van der Waals surface area contributed by atoms with Crippen LogP contribution in [-0.2, 0) is 10.1 Å². The van der Waals surface area contributed by atoms with E-state index >= 15 is 0 Å². The highest BCUT2D eigenvalue weighted by molar-refractivity contribution is 7.85. The van der Waals surface area contributed by atoms with Crippen molar-refractivity contribution in [2.45, 2.75) is 49.6 Å². The van der Waals surface area contributed by atoms with Crippen LogP contribution in [-0.4, -0.2) is 29.7 Å². The molecule has 6 heteroatoms. The fraction of sp³-hybridized carbons (Fsp3) is 0.538. The van der Waals surface area contributed by atoms with Crippen molar-refractivity contribution in [1.29, 1.82) is 0 Å². The minimum absolute atomic E-state index is 0.0162. The number of nitrogens with two attached hydrogens (primary N) is 1. The summed E-state index contributed by atoms with van der Waals surface area (Å²) in [6, 6.07) is 6.00. The van der Waals surface area contributed by atoms with Crippen LogP contribution in [0.4, 0.5) is 0 Å². The van der Waals surface area contributed by atoms with Gasteiger partial charge in [0.15, 0.2) is 0 Å². The Morgan fingerprint density at radius 2 is 1.84 bits per heavy atom. The molecular formula is C13H21NO4S. The molecule has 1 aliphatic carbocycles. The van der Waals surface area contributed by atoms with Crippen LogP contribution >= 0.6 is 0 Å². The molecule has 0 unspecified atom stereocenters. The quantitative estimate of drug-likeness (QED) is 0.679. The van der Waals surface area contributed by atoms with Crippen LogP contribution in [0, 0.1) is 6.92 Å². The molecule has 2 rings (SSSR count). The summed E-state index contributed by atoms with van der Waals surface area (Å²) in [5.74, 6) is 0. The normalized spacial score (nSPS) is 26.7. The minimum atomic E-state index is -4.02. The van der Waals surface area contributed by atoms with E-state index in [4.69, 9.17) is 10.3 Å². The highest BCUT2D eigenvalue weighted by Gasteiger charge is 2.33. The molecule has 19 heavy (non-hydrogen) atoms. The average molecular weight is 287 g/mol. The average Bonchev–Trinajstić information content (AvgIpc) is 2.57. The number of aryl methyl sites for hydroxylation is 1. The smallest absolute Gasteiger partial charge is 0.294 e. The molecule has 2 atom stereocenters. The Morgan fingerprint density at radius 3 is 2.11 bits per heavy atom. The van der Waals surface area contributed by atoms with Crippen molar-refractivity contribution in [1.82, 2.24) is 0 Å². The molecule has 1 saturated carbocycles. The van der Waals surface area contributed by atoms with E-state index in [9.17, 15) is 13.5 Å². The Balaban J connectivity index is 0.000000200.